The van der Waals surface area contributed by atoms with Crippen molar-refractivity contribution < 1.29 is 14.1 Å². The van der Waals surface area contributed by atoms with Crippen LogP contribution in [0.4, 0.5) is 5.69 Å². The van der Waals surface area contributed by atoms with Gasteiger partial charge in [0.2, 0.25) is 0 Å². The number of amides is 1. The van der Waals surface area contributed by atoms with Gasteiger partial charge in [0.1, 0.15) is 17.2 Å². The zero-order valence-electron chi connectivity index (χ0n) is 13.4. The molecule has 1 fully saturated rings. The smallest absolute Gasteiger partial charge is 0.276 e. The molecule has 0 aliphatic carbocycles. The van der Waals surface area contributed by atoms with E-state index in [1.54, 1.807) is 30.3 Å². The number of nitrogens with one attached hydrogen (secondary N) is 1. The molecule has 0 spiro atoms. The number of nitro groups is 1. The highest BCUT2D eigenvalue weighted by molar-refractivity contribution is 7.80. The maximum atomic E-state index is 12.3. The normalized spacial score (nSPS) is 15.7. The van der Waals surface area contributed by atoms with Crippen LogP contribution in [-0.2, 0) is 4.79 Å². The maximum Gasteiger partial charge on any atom is 0.276 e. The van der Waals surface area contributed by atoms with Gasteiger partial charge in [-0.15, -0.1) is 0 Å². The number of benzene rings is 1. The van der Waals surface area contributed by atoms with E-state index in [9.17, 15) is 14.9 Å². The lowest BCUT2D eigenvalue weighted by Gasteiger charge is -2.11. The van der Waals surface area contributed by atoms with Gasteiger partial charge in [-0.25, -0.2) is 0 Å². The average molecular weight is 357 g/mol. The first kappa shape index (κ1) is 16.8. The fraction of sp³-hybridized carbons (Fsp3) is 0.176. The van der Waals surface area contributed by atoms with Crippen LogP contribution in [0.3, 0.4) is 0 Å². The molecule has 7 nitrogen and oxygen atoms in total. The Kier molecular flexibility index (Phi) is 4.62. The first-order chi connectivity index (χ1) is 12.0. The standard InChI is InChI=1S/C17H15N3O4S/c1-2-9-19-16(21)14(18-17(19)25)10-13-7-8-15(24-13)11-3-5-12(6-4-11)20(22)23/h3-8,10H,2,9H2,1H3,(H,18,25). The molecule has 1 aliphatic heterocycles. The Balaban J connectivity index is 1.81. The third-order valence-electron chi connectivity index (χ3n) is 3.69. The molecule has 128 valence electrons. The number of hydrogen-bond acceptors (Lipinski definition) is 5. The zero-order chi connectivity index (χ0) is 18.0. The van der Waals surface area contributed by atoms with E-state index in [4.69, 9.17) is 16.6 Å². The van der Waals surface area contributed by atoms with Gasteiger partial charge in [0.25, 0.3) is 11.6 Å². The fourth-order valence-corrected chi connectivity index (χ4v) is 2.76. The molecule has 1 aliphatic rings. The van der Waals surface area contributed by atoms with Crippen LogP contribution in [0.5, 0.6) is 0 Å². The van der Waals surface area contributed by atoms with Crippen molar-refractivity contribution >= 4 is 35.0 Å². The van der Waals surface area contributed by atoms with Crippen LogP contribution in [-0.4, -0.2) is 27.4 Å². The van der Waals surface area contributed by atoms with Crippen molar-refractivity contribution in [3.63, 3.8) is 0 Å². The Morgan fingerprint density at radius 3 is 2.64 bits per heavy atom. The van der Waals surface area contributed by atoms with Crippen LogP contribution in [0, 0.1) is 10.1 Å². The molecule has 8 heteroatoms. The van der Waals surface area contributed by atoms with Gasteiger partial charge >= 0.3 is 0 Å². The summed E-state index contributed by atoms with van der Waals surface area (Å²) in [5.74, 6) is 0.866. The lowest BCUT2D eigenvalue weighted by molar-refractivity contribution is -0.384. The molecule has 3 rings (SSSR count). The van der Waals surface area contributed by atoms with E-state index in [1.807, 2.05) is 6.92 Å². The highest BCUT2D eigenvalue weighted by Gasteiger charge is 2.29. The molecule has 1 aromatic carbocycles. The number of hydrogen-bond donors (Lipinski definition) is 1. The number of non-ortho nitro benzene ring substituents is 1. The molecule has 0 unspecified atom stereocenters. The lowest BCUT2D eigenvalue weighted by Crippen LogP contribution is -2.31. The molecule has 25 heavy (non-hydrogen) atoms. The first-order valence-corrected chi connectivity index (χ1v) is 8.09. The highest BCUT2D eigenvalue weighted by Crippen LogP contribution is 2.26. The number of nitrogens with zero attached hydrogens (tertiary/aromatic N) is 2. The lowest BCUT2D eigenvalue weighted by atomic mass is 10.1. The number of carbonyl (C=O) groups excluding carboxylic acids is 1. The van der Waals surface area contributed by atoms with Crippen molar-refractivity contribution in [2.75, 3.05) is 6.54 Å². The third-order valence-corrected chi connectivity index (χ3v) is 4.01. The molecular weight excluding hydrogens is 342 g/mol. The Bertz CT molecular complexity index is 870. The number of furan rings is 1. The minimum Gasteiger partial charge on any atom is -0.457 e. The van der Waals surface area contributed by atoms with Crippen molar-refractivity contribution in [1.82, 2.24) is 10.2 Å². The van der Waals surface area contributed by atoms with Crippen LogP contribution in [0.25, 0.3) is 17.4 Å². The van der Waals surface area contributed by atoms with E-state index in [0.29, 0.717) is 34.4 Å². The number of rotatable bonds is 5. The maximum absolute atomic E-state index is 12.3. The van der Waals surface area contributed by atoms with E-state index in [1.165, 1.54) is 17.0 Å². The van der Waals surface area contributed by atoms with Crippen LogP contribution in [0.2, 0.25) is 0 Å². The Hall–Kier alpha value is -3.00. The molecule has 0 radical (unpaired) electrons. The minimum absolute atomic E-state index is 0.0166. The van der Waals surface area contributed by atoms with Crippen molar-refractivity contribution in [3.8, 4) is 11.3 Å². The van der Waals surface area contributed by atoms with Crippen LogP contribution >= 0.6 is 12.2 Å². The largest absolute Gasteiger partial charge is 0.457 e. The van der Waals surface area contributed by atoms with E-state index >= 15 is 0 Å². The van der Waals surface area contributed by atoms with Gasteiger partial charge in [0, 0.05) is 30.3 Å². The summed E-state index contributed by atoms with van der Waals surface area (Å²) in [6, 6.07) is 9.54. The minimum atomic E-state index is -0.454. The fourth-order valence-electron chi connectivity index (χ4n) is 2.47. The highest BCUT2D eigenvalue weighted by atomic mass is 32.1. The van der Waals surface area contributed by atoms with E-state index < -0.39 is 4.92 Å². The van der Waals surface area contributed by atoms with Gasteiger partial charge in [-0.05, 0) is 42.9 Å². The van der Waals surface area contributed by atoms with E-state index in [-0.39, 0.29) is 11.6 Å². The van der Waals surface area contributed by atoms with Gasteiger partial charge in [-0.2, -0.15) is 0 Å². The predicted octanol–water partition coefficient (Wildman–Crippen LogP) is 3.32. The monoisotopic (exact) mass is 357 g/mol. The Morgan fingerprint density at radius 1 is 1.28 bits per heavy atom. The number of thiocarbonyl (C=S) groups is 1. The molecule has 1 amide bonds. The summed E-state index contributed by atoms with van der Waals surface area (Å²) < 4.78 is 5.71. The van der Waals surface area contributed by atoms with Crippen molar-refractivity contribution in [2.45, 2.75) is 13.3 Å². The summed E-state index contributed by atoms with van der Waals surface area (Å²) in [5.41, 5.74) is 1.09. The SMILES string of the molecule is CCCN1C(=O)C(=Cc2ccc(-c3ccc([N+](=O)[O-])cc3)o2)NC1=S. The van der Waals surface area contributed by atoms with Gasteiger partial charge in [0.15, 0.2) is 5.11 Å². The second-order valence-corrected chi connectivity index (χ2v) is 5.84. The molecule has 1 N–H and O–H groups in total. The quantitative estimate of drug-likeness (QED) is 0.382. The van der Waals surface area contributed by atoms with E-state index in [2.05, 4.69) is 5.32 Å². The Morgan fingerprint density at radius 2 is 2.00 bits per heavy atom. The number of carbonyl (C=O) groups is 1. The second kappa shape index (κ2) is 6.86. The first-order valence-electron chi connectivity index (χ1n) is 7.69. The summed E-state index contributed by atoms with van der Waals surface area (Å²) in [7, 11) is 0. The molecular formula is C17H15N3O4S. The Labute approximate surface area is 149 Å². The molecule has 1 aromatic heterocycles. The average Bonchev–Trinajstić information content (AvgIpc) is 3.16. The van der Waals surface area contributed by atoms with Crippen molar-refractivity contribution in [3.05, 3.63) is 58.0 Å². The second-order valence-electron chi connectivity index (χ2n) is 5.45. The molecule has 0 bridgehead atoms. The molecule has 0 saturated carbocycles. The van der Waals surface area contributed by atoms with Gasteiger partial charge in [-0.1, -0.05) is 6.92 Å². The summed E-state index contributed by atoms with van der Waals surface area (Å²) in [6.07, 6.45) is 2.41. The van der Waals surface area contributed by atoms with E-state index in [0.717, 1.165) is 6.42 Å². The summed E-state index contributed by atoms with van der Waals surface area (Å²) >= 11 is 5.16. The van der Waals surface area contributed by atoms with Crippen LogP contribution in [0.15, 0.2) is 46.5 Å². The van der Waals surface area contributed by atoms with Gasteiger partial charge in [-0.3, -0.25) is 19.8 Å². The molecule has 0 atom stereocenters. The van der Waals surface area contributed by atoms with Crippen molar-refractivity contribution in [1.29, 1.82) is 0 Å². The number of nitro benzene ring substituents is 1. The van der Waals surface area contributed by atoms with Crippen LogP contribution < -0.4 is 5.32 Å². The molecule has 2 heterocycles. The zero-order valence-corrected chi connectivity index (χ0v) is 14.2. The topological polar surface area (TPSA) is 88.6 Å². The third kappa shape index (κ3) is 3.43. The summed E-state index contributed by atoms with van der Waals surface area (Å²) in [4.78, 5) is 24.0. The van der Waals surface area contributed by atoms with Gasteiger partial charge in [0.05, 0.1) is 4.92 Å². The predicted molar refractivity (Wildman–Crippen MR) is 96.5 cm³/mol. The summed E-state index contributed by atoms with van der Waals surface area (Å²) in [6.45, 7) is 2.54. The van der Waals surface area contributed by atoms with Crippen LogP contribution in [0.1, 0.15) is 19.1 Å². The summed E-state index contributed by atoms with van der Waals surface area (Å²) in [5, 5.41) is 14.0. The molecule has 2 aromatic rings. The van der Waals surface area contributed by atoms with Gasteiger partial charge < -0.3 is 9.73 Å². The van der Waals surface area contributed by atoms with Crippen molar-refractivity contribution in [2.24, 2.45) is 0 Å². The molecule has 1 saturated heterocycles.